The highest BCUT2D eigenvalue weighted by Gasteiger charge is 2.13. The van der Waals surface area contributed by atoms with Gasteiger partial charge < -0.3 is 10.1 Å². The van der Waals surface area contributed by atoms with Crippen LogP contribution in [0, 0.1) is 0 Å². The molecule has 0 aliphatic rings. The van der Waals surface area contributed by atoms with Crippen LogP contribution < -0.4 is 10.1 Å². The molecule has 0 aliphatic heterocycles. The minimum absolute atomic E-state index is 0.164. The van der Waals surface area contributed by atoms with Gasteiger partial charge in [0.25, 0.3) is 0 Å². The summed E-state index contributed by atoms with van der Waals surface area (Å²) in [6, 6.07) is 21.8. The molecule has 0 bridgehead atoms. The minimum Gasteiger partial charge on any atom is -0.457 e. The van der Waals surface area contributed by atoms with Crippen molar-refractivity contribution in [3.63, 3.8) is 0 Å². The van der Waals surface area contributed by atoms with Gasteiger partial charge >= 0.3 is 0 Å². The van der Waals surface area contributed by atoms with E-state index in [4.69, 9.17) is 16.3 Å². The topological polar surface area (TPSA) is 52.0 Å². The highest BCUT2D eigenvalue weighted by atomic mass is 35.5. The van der Waals surface area contributed by atoms with Crippen LogP contribution in [-0.4, -0.2) is 14.8 Å². The monoisotopic (exact) mass is 418 g/mol. The predicted molar refractivity (Wildman–Crippen MR) is 121 cm³/mol. The molecule has 152 valence electrons. The van der Waals surface area contributed by atoms with E-state index in [-0.39, 0.29) is 6.04 Å². The van der Waals surface area contributed by atoms with Crippen LogP contribution in [0.25, 0.3) is 5.82 Å². The number of hydrogen-bond acceptors (Lipinski definition) is 4. The van der Waals surface area contributed by atoms with E-state index in [0.29, 0.717) is 10.8 Å². The highest BCUT2D eigenvalue weighted by Crippen LogP contribution is 2.28. The molecule has 1 unspecified atom stereocenters. The smallest absolute Gasteiger partial charge is 0.172 e. The number of benzene rings is 2. The van der Waals surface area contributed by atoms with E-state index >= 15 is 0 Å². The summed E-state index contributed by atoms with van der Waals surface area (Å²) in [7, 11) is 0. The third-order valence-electron chi connectivity index (χ3n) is 4.72. The Labute approximate surface area is 181 Å². The van der Waals surface area contributed by atoms with Crippen LogP contribution in [0.1, 0.15) is 31.4 Å². The second-order valence-electron chi connectivity index (χ2n) is 6.95. The maximum absolute atomic E-state index is 6.24. The second kappa shape index (κ2) is 9.46. The third kappa shape index (κ3) is 4.81. The zero-order valence-electron chi connectivity index (χ0n) is 16.7. The van der Waals surface area contributed by atoms with Gasteiger partial charge in [0, 0.05) is 6.20 Å². The lowest BCUT2D eigenvalue weighted by Gasteiger charge is -2.19. The number of hydrogen-bond donors (Lipinski definition) is 1. The molecular formula is C24H23ClN4O. The molecule has 0 saturated carbocycles. The number of anilines is 1. The molecule has 0 aliphatic carbocycles. The number of ether oxygens (including phenoxy) is 1. The normalized spacial score (nSPS) is 11.8. The Morgan fingerprint density at radius 3 is 2.50 bits per heavy atom. The molecule has 4 aromatic rings. The molecule has 0 fully saturated rings. The van der Waals surface area contributed by atoms with Crippen molar-refractivity contribution in [1.82, 2.24) is 14.8 Å². The molecule has 2 aromatic heterocycles. The van der Waals surface area contributed by atoms with Crippen molar-refractivity contribution < 1.29 is 4.74 Å². The van der Waals surface area contributed by atoms with Crippen molar-refractivity contribution in [1.29, 1.82) is 0 Å². The van der Waals surface area contributed by atoms with Crippen molar-refractivity contribution in [3.8, 4) is 17.3 Å². The molecule has 4 rings (SSSR count). The van der Waals surface area contributed by atoms with E-state index < -0.39 is 0 Å². The maximum atomic E-state index is 6.24. The van der Waals surface area contributed by atoms with Crippen molar-refractivity contribution in [2.45, 2.75) is 25.8 Å². The Bertz CT molecular complexity index is 1080. The van der Waals surface area contributed by atoms with Gasteiger partial charge in [0.1, 0.15) is 11.5 Å². The van der Waals surface area contributed by atoms with E-state index in [1.807, 2.05) is 48.7 Å². The fraction of sp³-hybridized carbons (Fsp3) is 0.167. The first-order valence-electron chi connectivity index (χ1n) is 9.98. The fourth-order valence-corrected chi connectivity index (χ4v) is 3.47. The molecule has 0 amide bonds. The fourth-order valence-electron chi connectivity index (χ4n) is 3.26. The number of nitrogens with one attached hydrogen (secondary N) is 1. The van der Waals surface area contributed by atoms with Gasteiger partial charge in [-0.05, 0) is 48.4 Å². The second-order valence-corrected chi connectivity index (χ2v) is 7.36. The van der Waals surface area contributed by atoms with Crippen LogP contribution in [0.4, 0.5) is 5.69 Å². The van der Waals surface area contributed by atoms with Gasteiger partial charge in [-0.3, -0.25) is 0 Å². The van der Waals surface area contributed by atoms with E-state index in [9.17, 15) is 0 Å². The average Bonchev–Trinajstić information content (AvgIpc) is 3.23. The summed E-state index contributed by atoms with van der Waals surface area (Å²) in [5, 5.41) is 8.54. The minimum atomic E-state index is 0.164. The van der Waals surface area contributed by atoms with E-state index in [1.165, 1.54) is 5.56 Å². The zero-order chi connectivity index (χ0) is 20.8. The Morgan fingerprint density at radius 1 is 1.00 bits per heavy atom. The molecular weight excluding hydrogens is 396 g/mol. The lowest BCUT2D eigenvalue weighted by Crippen LogP contribution is -2.10. The molecule has 30 heavy (non-hydrogen) atoms. The van der Waals surface area contributed by atoms with Gasteiger partial charge in [-0.1, -0.05) is 55.3 Å². The molecule has 1 atom stereocenters. The highest BCUT2D eigenvalue weighted by molar-refractivity contribution is 6.32. The summed E-state index contributed by atoms with van der Waals surface area (Å²) in [6.07, 6.45) is 7.45. The number of halogens is 1. The summed E-state index contributed by atoms with van der Waals surface area (Å²) in [5.41, 5.74) is 2.11. The maximum Gasteiger partial charge on any atom is 0.172 e. The summed E-state index contributed by atoms with van der Waals surface area (Å²) < 4.78 is 7.59. The summed E-state index contributed by atoms with van der Waals surface area (Å²) in [6.45, 7) is 2.18. The SMILES string of the molecule is CCCC(Nc1cnn(-c2ncccc2Cl)c1)c1ccc(Oc2ccccc2)cc1. The van der Waals surface area contributed by atoms with Gasteiger partial charge in [-0.2, -0.15) is 5.10 Å². The van der Waals surface area contributed by atoms with Gasteiger partial charge in [0.15, 0.2) is 5.82 Å². The lowest BCUT2D eigenvalue weighted by atomic mass is 10.0. The largest absolute Gasteiger partial charge is 0.457 e. The van der Waals surface area contributed by atoms with Crippen molar-refractivity contribution in [2.24, 2.45) is 0 Å². The Balaban J connectivity index is 1.48. The lowest BCUT2D eigenvalue weighted by molar-refractivity contribution is 0.482. The summed E-state index contributed by atoms with van der Waals surface area (Å²) in [5.74, 6) is 2.26. The van der Waals surface area contributed by atoms with Crippen LogP contribution in [0.2, 0.25) is 5.02 Å². The van der Waals surface area contributed by atoms with Gasteiger partial charge in [-0.25, -0.2) is 9.67 Å². The summed E-state index contributed by atoms with van der Waals surface area (Å²) >= 11 is 6.24. The van der Waals surface area contributed by atoms with Crippen LogP contribution in [0.15, 0.2) is 85.3 Å². The van der Waals surface area contributed by atoms with Crippen molar-refractivity contribution in [2.75, 3.05) is 5.32 Å². The molecule has 1 N–H and O–H groups in total. The molecule has 0 spiro atoms. The van der Waals surface area contributed by atoms with E-state index in [1.54, 1.807) is 29.2 Å². The molecule has 5 nitrogen and oxygen atoms in total. The van der Waals surface area contributed by atoms with E-state index in [2.05, 4.69) is 34.5 Å². The molecule has 2 heterocycles. The van der Waals surface area contributed by atoms with Crippen LogP contribution in [-0.2, 0) is 0 Å². The number of rotatable bonds is 8. The van der Waals surface area contributed by atoms with Crippen molar-refractivity contribution >= 4 is 17.3 Å². The Morgan fingerprint density at radius 2 is 1.77 bits per heavy atom. The molecule has 0 radical (unpaired) electrons. The number of pyridine rings is 1. The quantitative estimate of drug-likeness (QED) is 0.347. The number of aromatic nitrogens is 3. The standard InChI is InChI=1S/C24H23ClN4O/c1-2-7-23(18-11-13-21(14-12-18)30-20-8-4-3-5-9-20)28-19-16-27-29(17-19)24-22(25)10-6-15-26-24/h3-6,8-17,23,28H,2,7H2,1H3. The summed E-state index contributed by atoms with van der Waals surface area (Å²) in [4.78, 5) is 4.31. The Kier molecular flexibility index (Phi) is 6.30. The molecule has 0 saturated heterocycles. The molecule has 6 heteroatoms. The average molecular weight is 419 g/mol. The first-order chi connectivity index (χ1) is 14.7. The van der Waals surface area contributed by atoms with Crippen LogP contribution in [0.5, 0.6) is 11.5 Å². The van der Waals surface area contributed by atoms with Crippen LogP contribution in [0.3, 0.4) is 0 Å². The first-order valence-corrected chi connectivity index (χ1v) is 10.4. The van der Waals surface area contributed by atoms with E-state index in [0.717, 1.165) is 30.0 Å². The van der Waals surface area contributed by atoms with Gasteiger partial charge in [0.2, 0.25) is 0 Å². The predicted octanol–water partition coefficient (Wildman–Crippen LogP) is 6.67. The third-order valence-corrected chi connectivity index (χ3v) is 5.01. The first kappa shape index (κ1) is 20.0. The Hall–Kier alpha value is -3.31. The van der Waals surface area contributed by atoms with Gasteiger partial charge in [0.05, 0.1) is 29.1 Å². The van der Waals surface area contributed by atoms with Crippen LogP contribution >= 0.6 is 11.6 Å². The van der Waals surface area contributed by atoms with Crippen molar-refractivity contribution in [3.05, 3.63) is 95.9 Å². The number of para-hydroxylation sites is 1. The van der Waals surface area contributed by atoms with Gasteiger partial charge in [-0.15, -0.1) is 0 Å². The molecule has 2 aromatic carbocycles. The number of nitrogens with zero attached hydrogens (tertiary/aromatic N) is 3. The zero-order valence-corrected chi connectivity index (χ0v) is 17.5.